The molecule has 0 bridgehead atoms. The lowest BCUT2D eigenvalue weighted by Crippen LogP contribution is -2.44. The zero-order valence-electron chi connectivity index (χ0n) is 15.0. The molecule has 0 radical (unpaired) electrons. The first-order chi connectivity index (χ1) is 11.3. The second-order valence-corrected chi connectivity index (χ2v) is 6.97. The number of hydrogen-bond donors (Lipinski definition) is 2. The molecule has 2 amide bonds. The van der Waals surface area contributed by atoms with E-state index in [2.05, 4.69) is 5.32 Å². The lowest BCUT2D eigenvalue weighted by Gasteiger charge is -2.23. The van der Waals surface area contributed by atoms with Crippen molar-refractivity contribution in [3.05, 3.63) is 29.3 Å². The summed E-state index contributed by atoms with van der Waals surface area (Å²) in [7, 11) is 0. The molecule has 24 heavy (non-hydrogen) atoms. The van der Waals surface area contributed by atoms with Crippen molar-refractivity contribution in [1.29, 1.82) is 0 Å². The van der Waals surface area contributed by atoms with Crippen molar-refractivity contribution >= 4 is 17.5 Å². The van der Waals surface area contributed by atoms with Gasteiger partial charge in [-0.15, -0.1) is 0 Å². The monoisotopic (exact) mass is 332 g/mol. The van der Waals surface area contributed by atoms with E-state index in [-0.39, 0.29) is 30.4 Å². The summed E-state index contributed by atoms with van der Waals surface area (Å²) in [4.78, 5) is 26.9. The van der Waals surface area contributed by atoms with Crippen LogP contribution in [0, 0.1) is 25.7 Å². The van der Waals surface area contributed by atoms with Gasteiger partial charge in [0, 0.05) is 24.9 Å². The number of rotatable bonds is 6. The lowest BCUT2D eigenvalue weighted by molar-refractivity contribution is -0.132. The third-order valence-corrected chi connectivity index (χ3v) is 4.90. The number of amides is 2. The highest BCUT2D eigenvalue weighted by Crippen LogP contribution is 2.27. The van der Waals surface area contributed by atoms with Gasteiger partial charge in [0.25, 0.3) is 0 Å². The Labute approximate surface area is 144 Å². The van der Waals surface area contributed by atoms with Crippen LogP contribution in [-0.2, 0) is 9.59 Å². The maximum absolute atomic E-state index is 12.7. The molecule has 2 rings (SSSR count). The van der Waals surface area contributed by atoms with Crippen LogP contribution >= 0.6 is 0 Å². The molecule has 1 aliphatic rings. The predicted molar refractivity (Wildman–Crippen MR) is 94.8 cm³/mol. The van der Waals surface area contributed by atoms with E-state index in [1.807, 2.05) is 45.9 Å². The van der Waals surface area contributed by atoms with Gasteiger partial charge in [-0.1, -0.05) is 19.9 Å². The van der Waals surface area contributed by atoms with Gasteiger partial charge >= 0.3 is 0 Å². The number of carbonyl (C=O) groups excluding carboxylic acids is 2. The van der Waals surface area contributed by atoms with Crippen LogP contribution in [0.3, 0.4) is 0 Å². The van der Waals surface area contributed by atoms with Gasteiger partial charge in [-0.25, -0.2) is 0 Å². The summed E-state index contributed by atoms with van der Waals surface area (Å²) in [5.41, 5.74) is 3.17. The Kier molecular flexibility index (Phi) is 5.99. The second-order valence-electron chi connectivity index (χ2n) is 6.97. The van der Waals surface area contributed by atoms with Crippen molar-refractivity contribution in [2.24, 2.45) is 11.8 Å². The Hall–Kier alpha value is -1.88. The number of carbonyl (C=O) groups is 2. The Morgan fingerprint density at radius 2 is 2.04 bits per heavy atom. The zero-order valence-corrected chi connectivity index (χ0v) is 15.0. The van der Waals surface area contributed by atoms with Gasteiger partial charge in [-0.05, 0) is 55.9 Å². The molecule has 0 spiro atoms. The number of aliphatic hydroxyl groups excluding tert-OH is 1. The molecule has 0 saturated carbocycles. The van der Waals surface area contributed by atoms with Crippen LogP contribution in [0.25, 0.3) is 0 Å². The third kappa shape index (κ3) is 3.96. The summed E-state index contributed by atoms with van der Waals surface area (Å²) >= 11 is 0. The molecule has 0 aromatic heterocycles. The molecule has 1 heterocycles. The van der Waals surface area contributed by atoms with Crippen LogP contribution < -0.4 is 10.2 Å². The molecule has 2 N–H and O–H groups in total. The van der Waals surface area contributed by atoms with Crippen molar-refractivity contribution in [1.82, 2.24) is 5.32 Å². The lowest BCUT2D eigenvalue weighted by atomic mass is 9.99. The van der Waals surface area contributed by atoms with Crippen LogP contribution in [0.4, 0.5) is 5.69 Å². The number of nitrogens with zero attached hydrogens (tertiary/aromatic N) is 1. The minimum Gasteiger partial charge on any atom is -0.396 e. The van der Waals surface area contributed by atoms with Gasteiger partial charge in [0.05, 0.1) is 0 Å². The highest BCUT2D eigenvalue weighted by molar-refractivity contribution is 6.09. The van der Waals surface area contributed by atoms with Gasteiger partial charge in [-0.3, -0.25) is 9.59 Å². The van der Waals surface area contributed by atoms with E-state index in [0.717, 1.165) is 11.3 Å². The van der Waals surface area contributed by atoms with Gasteiger partial charge in [-0.2, -0.15) is 0 Å². The maximum Gasteiger partial charge on any atom is 0.239 e. The van der Waals surface area contributed by atoms with Crippen molar-refractivity contribution in [3.63, 3.8) is 0 Å². The van der Waals surface area contributed by atoms with E-state index >= 15 is 0 Å². The molecule has 1 aliphatic heterocycles. The van der Waals surface area contributed by atoms with Crippen molar-refractivity contribution in [2.45, 2.75) is 46.6 Å². The number of aliphatic hydroxyl groups is 1. The van der Waals surface area contributed by atoms with Gasteiger partial charge in [0.2, 0.25) is 11.8 Å². The molecule has 132 valence electrons. The van der Waals surface area contributed by atoms with E-state index < -0.39 is 5.92 Å². The van der Waals surface area contributed by atoms with Crippen molar-refractivity contribution < 1.29 is 14.7 Å². The van der Waals surface area contributed by atoms with Crippen molar-refractivity contribution in [2.75, 3.05) is 18.1 Å². The number of benzene rings is 1. The Morgan fingerprint density at radius 1 is 1.33 bits per heavy atom. The number of aryl methyl sites for hydroxylation is 2. The molecule has 1 aromatic rings. The Balaban J connectivity index is 2.07. The highest BCUT2D eigenvalue weighted by Gasteiger charge is 2.38. The topological polar surface area (TPSA) is 69.6 Å². The standard InChI is InChI=1S/C19H28N2O3/c1-12(2)17(8-10-22)20-18(23)16-7-9-21(19(16)24)15-6-5-13(3)14(4)11-15/h5-6,11-12,16-17,22H,7-10H2,1-4H3,(H,20,23). The fourth-order valence-electron chi connectivity index (χ4n) is 3.07. The Bertz CT molecular complexity index is 613. The first kappa shape index (κ1) is 18.5. The average Bonchev–Trinajstić information content (AvgIpc) is 2.91. The quantitative estimate of drug-likeness (QED) is 0.785. The van der Waals surface area contributed by atoms with Crippen LogP contribution in [0.15, 0.2) is 18.2 Å². The molecule has 0 aliphatic carbocycles. The van der Waals surface area contributed by atoms with Gasteiger partial charge in [0.1, 0.15) is 5.92 Å². The average molecular weight is 332 g/mol. The van der Waals surface area contributed by atoms with E-state index in [0.29, 0.717) is 19.4 Å². The van der Waals surface area contributed by atoms with Crippen LogP contribution in [0.1, 0.15) is 37.8 Å². The van der Waals surface area contributed by atoms with Crippen LogP contribution in [0.2, 0.25) is 0 Å². The second kappa shape index (κ2) is 7.79. The van der Waals surface area contributed by atoms with Crippen LogP contribution in [0.5, 0.6) is 0 Å². The van der Waals surface area contributed by atoms with Gasteiger partial charge in [0.15, 0.2) is 0 Å². The van der Waals surface area contributed by atoms with Crippen LogP contribution in [-0.4, -0.2) is 36.1 Å². The van der Waals surface area contributed by atoms with Gasteiger partial charge < -0.3 is 15.3 Å². The number of hydrogen-bond acceptors (Lipinski definition) is 3. The molecule has 2 atom stereocenters. The number of nitrogens with one attached hydrogen (secondary N) is 1. The summed E-state index contributed by atoms with van der Waals surface area (Å²) in [6.07, 6.45) is 1.03. The molecule has 5 nitrogen and oxygen atoms in total. The van der Waals surface area contributed by atoms with E-state index in [4.69, 9.17) is 5.11 Å². The van der Waals surface area contributed by atoms with E-state index in [9.17, 15) is 9.59 Å². The predicted octanol–water partition coefficient (Wildman–Crippen LogP) is 2.18. The molecular weight excluding hydrogens is 304 g/mol. The minimum atomic E-state index is -0.633. The summed E-state index contributed by atoms with van der Waals surface area (Å²) < 4.78 is 0. The maximum atomic E-state index is 12.7. The largest absolute Gasteiger partial charge is 0.396 e. The van der Waals surface area contributed by atoms with E-state index in [1.54, 1.807) is 4.90 Å². The minimum absolute atomic E-state index is 0.0243. The molecule has 1 fully saturated rings. The third-order valence-electron chi connectivity index (χ3n) is 4.90. The van der Waals surface area contributed by atoms with Crippen molar-refractivity contribution in [3.8, 4) is 0 Å². The fourth-order valence-corrected chi connectivity index (χ4v) is 3.07. The molecule has 1 aromatic carbocycles. The first-order valence-corrected chi connectivity index (χ1v) is 8.65. The zero-order chi connectivity index (χ0) is 17.9. The van der Waals surface area contributed by atoms with E-state index in [1.165, 1.54) is 5.56 Å². The normalized spacial score (nSPS) is 19.0. The summed E-state index contributed by atoms with van der Waals surface area (Å²) in [5.74, 6) is -0.777. The molecule has 1 saturated heterocycles. The Morgan fingerprint density at radius 3 is 2.62 bits per heavy atom. The molecule has 5 heteroatoms. The number of anilines is 1. The fraction of sp³-hybridized carbons (Fsp3) is 0.579. The molecular formula is C19H28N2O3. The SMILES string of the molecule is Cc1ccc(N2CCC(C(=O)NC(CCO)C(C)C)C2=O)cc1C. The summed E-state index contributed by atoms with van der Waals surface area (Å²) in [6.45, 7) is 8.64. The first-order valence-electron chi connectivity index (χ1n) is 8.65. The summed E-state index contributed by atoms with van der Waals surface area (Å²) in [6, 6.07) is 5.83. The summed E-state index contributed by atoms with van der Waals surface area (Å²) in [5, 5.41) is 12.1. The molecule has 2 unspecified atom stereocenters. The highest BCUT2D eigenvalue weighted by atomic mass is 16.3. The smallest absolute Gasteiger partial charge is 0.239 e.